The molecule has 0 heterocycles. The Hall–Kier alpha value is -0.0800. The zero-order chi connectivity index (χ0) is 14.4. The summed E-state index contributed by atoms with van der Waals surface area (Å²) in [5.74, 6) is 0. The van der Waals surface area contributed by atoms with Gasteiger partial charge in [-0.15, -0.1) is 18.8 Å². The molecule has 0 radical (unpaired) electrons. The van der Waals surface area contributed by atoms with Gasteiger partial charge in [0.2, 0.25) is 0 Å². The molecule has 0 aliphatic carbocycles. The molecule has 0 amide bonds. The standard InChI is InChI=1S/C4H8O6P2.C3H10N2O/c5-11(6)9-3-1-2-4-10-12(7)8;4-1-3(6)2-5/h1-4H2;3,6H,1-2,4-5H2/p+2. The third-order valence-electron chi connectivity index (χ3n) is 1.49. The number of unbranched alkanes of at least 4 members (excludes halogenated alkanes) is 1. The second kappa shape index (κ2) is 15.0. The maximum absolute atomic E-state index is 9.95. The van der Waals surface area contributed by atoms with Crippen LogP contribution in [0.2, 0.25) is 0 Å². The van der Waals surface area contributed by atoms with Gasteiger partial charge in [0, 0.05) is 22.2 Å². The fraction of sp³-hybridized carbons (Fsp3) is 1.00. The Morgan fingerprint density at radius 1 is 0.944 bits per heavy atom. The third kappa shape index (κ3) is 21.2. The molecule has 0 saturated heterocycles. The van der Waals surface area contributed by atoms with Gasteiger partial charge in [0.15, 0.2) is 0 Å². The summed E-state index contributed by atoms with van der Waals surface area (Å²) in [5, 5.41) is 8.42. The lowest BCUT2D eigenvalue weighted by molar-refractivity contribution is 0.191. The number of rotatable bonds is 9. The lowest BCUT2D eigenvalue weighted by Crippen LogP contribution is -2.27. The third-order valence-corrected chi connectivity index (χ3v) is 2.29. The molecule has 9 nitrogen and oxygen atoms in total. The van der Waals surface area contributed by atoms with Gasteiger partial charge < -0.3 is 16.6 Å². The van der Waals surface area contributed by atoms with Crippen molar-refractivity contribution < 1.29 is 33.1 Å². The van der Waals surface area contributed by atoms with Gasteiger partial charge in [0.25, 0.3) is 0 Å². The van der Waals surface area contributed by atoms with Crippen LogP contribution in [0.3, 0.4) is 0 Å². The summed E-state index contributed by atoms with van der Waals surface area (Å²) in [6, 6.07) is 0. The molecule has 7 N–H and O–H groups in total. The molecule has 0 spiro atoms. The Bertz CT molecular complexity index is 210. The van der Waals surface area contributed by atoms with Crippen LogP contribution in [0.5, 0.6) is 0 Å². The molecule has 2 atom stereocenters. The normalized spacial score (nSPS) is 11.9. The monoisotopic (exact) mass is 306 g/mol. The van der Waals surface area contributed by atoms with Gasteiger partial charge in [-0.05, 0) is 12.8 Å². The minimum atomic E-state index is -2.53. The van der Waals surface area contributed by atoms with E-state index in [1.807, 2.05) is 0 Å². The quantitative estimate of drug-likeness (QED) is 0.275. The van der Waals surface area contributed by atoms with E-state index in [0.29, 0.717) is 12.8 Å². The summed E-state index contributed by atoms with van der Waals surface area (Å²) in [7, 11) is -5.06. The van der Waals surface area contributed by atoms with Crippen LogP contribution < -0.4 is 11.5 Å². The summed E-state index contributed by atoms with van der Waals surface area (Å²) in [6.07, 6.45) is 0.528. The summed E-state index contributed by atoms with van der Waals surface area (Å²) in [5.41, 5.74) is 9.91. The number of nitrogens with two attached hydrogens (primary N) is 2. The van der Waals surface area contributed by atoms with E-state index in [9.17, 15) is 9.13 Å². The molecule has 18 heavy (non-hydrogen) atoms. The molecule has 2 unspecified atom stereocenters. The largest absolute Gasteiger partial charge is 0.694 e. The van der Waals surface area contributed by atoms with Crippen molar-refractivity contribution in [2.24, 2.45) is 11.5 Å². The molecular weight excluding hydrogens is 286 g/mol. The molecule has 0 rings (SSSR count). The van der Waals surface area contributed by atoms with E-state index in [1.54, 1.807) is 0 Å². The molecule has 0 aromatic carbocycles. The van der Waals surface area contributed by atoms with Crippen LogP contribution in [-0.4, -0.2) is 47.3 Å². The highest BCUT2D eigenvalue weighted by atomic mass is 31.1. The van der Waals surface area contributed by atoms with Crippen LogP contribution in [-0.2, 0) is 18.2 Å². The average Bonchev–Trinajstić information content (AvgIpc) is 2.32. The van der Waals surface area contributed by atoms with Crippen LogP contribution in [0.1, 0.15) is 12.8 Å². The van der Waals surface area contributed by atoms with Gasteiger partial charge in [-0.25, -0.2) is 0 Å². The van der Waals surface area contributed by atoms with Crippen LogP contribution in [0.25, 0.3) is 0 Å². The van der Waals surface area contributed by atoms with Gasteiger partial charge in [-0.3, -0.25) is 0 Å². The predicted molar refractivity (Wildman–Crippen MR) is 64.9 cm³/mol. The van der Waals surface area contributed by atoms with Crippen molar-refractivity contribution in [3.05, 3.63) is 0 Å². The van der Waals surface area contributed by atoms with Crippen molar-refractivity contribution in [1.29, 1.82) is 0 Å². The minimum Gasteiger partial charge on any atom is -0.390 e. The molecular formula is C7H20N2O7P2+2. The van der Waals surface area contributed by atoms with E-state index < -0.39 is 22.6 Å². The van der Waals surface area contributed by atoms with E-state index in [2.05, 4.69) is 9.05 Å². The number of hydrogen-bond donors (Lipinski definition) is 5. The first-order valence-corrected chi connectivity index (χ1v) is 7.36. The zero-order valence-corrected chi connectivity index (χ0v) is 11.6. The maximum atomic E-state index is 9.95. The molecule has 0 saturated carbocycles. The van der Waals surface area contributed by atoms with Crippen molar-refractivity contribution in [2.45, 2.75) is 18.9 Å². The summed E-state index contributed by atoms with van der Waals surface area (Å²) < 4.78 is 28.5. The first-order valence-electron chi connectivity index (χ1n) is 5.10. The first kappa shape index (κ1) is 20.2. The van der Waals surface area contributed by atoms with E-state index in [1.165, 1.54) is 0 Å². The fourth-order valence-electron chi connectivity index (χ4n) is 0.586. The number of aliphatic hydroxyl groups is 1. The Morgan fingerprint density at radius 2 is 1.28 bits per heavy atom. The highest BCUT2D eigenvalue weighted by molar-refractivity contribution is 7.32. The Balaban J connectivity index is 0. The van der Waals surface area contributed by atoms with Gasteiger partial charge in [0.1, 0.15) is 13.2 Å². The zero-order valence-electron chi connectivity index (χ0n) is 9.84. The number of hydrogen-bond acceptors (Lipinski definition) is 7. The summed E-state index contributed by atoms with van der Waals surface area (Å²) >= 11 is 0. The molecule has 0 aromatic rings. The second-order valence-electron chi connectivity index (χ2n) is 2.97. The van der Waals surface area contributed by atoms with Crippen molar-refractivity contribution in [1.82, 2.24) is 0 Å². The van der Waals surface area contributed by atoms with Crippen molar-refractivity contribution in [3.8, 4) is 0 Å². The van der Waals surface area contributed by atoms with Crippen molar-refractivity contribution >= 4 is 16.5 Å². The molecule has 0 fully saturated rings. The highest BCUT2D eigenvalue weighted by Crippen LogP contribution is 2.16. The van der Waals surface area contributed by atoms with Crippen molar-refractivity contribution in [2.75, 3.05) is 26.3 Å². The smallest absolute Gasteiger partial charge is 0.390 e. The van der Waals surface area contributed by atoms with E-state index in [0.717, 1.165) is 0 Å². The molecule has 108 valence electrons. The fourth-order valence-corrected chi connectivity index (χ4v) is 1.16. The predicted octanol–water partition coefficient (Wildman–Crippen LogP) is -0.636. The van der Waals surface area contributed by atoms with Crippen molar-refractivity contribution in [3.63, 3.8) is 0 Å². The molecule has 0 aliphatic heterocycles. The van der Waals surface area contributed by atoms with Gasteiger partial charge in [0.05, 0.1) is 6.10 Å². The Kier molecular flexibility index (Phi) is 16.8. The molecule has 0 aromatic heterocycles. The molecule has 0 aliphatic rings. The maximum Gasteiger partial charge on any atom is 0.694 e. The van der Waals surface area contributed by atoms with Crippen LogP contribution in [0.4, 0.5) is 0 Å². The molecule has 0 bridgehead atoms. The Morgan fingerprint density at radius 3 is 1.44 bits per heavy atom. The van der Waals surface area contributed by atoms with Crippen LogP contribution >= 0.6 is 16.5 Å². The number of aliphatic hydroxyl groups excluding tert-OH is 1. The lowest BCUT2D eigenvalue weighted by atomic mass is 10.3. The lowest BCUT2D eigenvalue weighted by Gasteiger charge is -1.98. The van der Waals surface area contributed by atoms with E-state index >= 15 is 0 Å². The SMILES string of the molecule is NCC(O)CN.O=[P+](O)OCCCCO[P+](=O)O. The van der Waals surface area contributed by atoms with Crippen LogP contribution in [0, 0.1) is 0 Å². The van der Waals surface area contributed by atoms with E-state index in [4.69, 9.17) is 26.4 Å². The minimum absolute atomic E-state index is 0.150. The second-order valence-corrected chi connectivity index (χ2v) is 4.44. The molecule has 11 heteroatoms. The van der Waals surface area contributed by atoms with Gasteiger partial charge in [-0.2, -0.15) is 0 Å². The summed E-state index contributed by atoms with van der Waals surface area (Å²) in [4.78, 5) is 16.3. The van der Waals surface area contributed by atoms with Gasteiger partial charge >= 0.3 is 16.5 Å². The van der Waals surface area contributed by atoms with Crippen LogP contribution in [0.15, 0.2) is 0 Å². The Labute approximate surface area is 107 Å². The summed E-state index contributed by atoms with van der Waals surface area (Å²) in [6.45, 7) is 0.821. The topological polar surface area (TPSA) is 165 Å². The van der Waals surface area contributed by atoms with E-state index in [-0.39, 0.29) is 26.3 Å². The first-order chi connectivity index (χ1) is 8.43. The average molecular weight is 306 g/mol. The van der Waals surface area contributed by atoms with Gasteiger partial charge in [-0.1, -0.05) is 0 Å². The highest BCUT2D eigenvalue weighted by Gasteiger charge is 2.12.